The minimum atomic E-state index is -0.208. The number of benzene rings is 3. The second-order valence-corrected chi connectivity index (χ2v) is 8.76. The first kappa shape index (κ1) is 20.9. The van der Waals surface area contributed by atoms with Gasteiger partial charge in [0.25, 0.3) is 5.91 Å². The van der Waals surface area contributed by atoms with Crippen molar-refractivity contribution in [3.63, 3.8) is 0 Å². The molecule has 0 radical (unpaired) electrons. The molecule has 1 heterocycles. The number of rotatable bonds is 6. The van der Waals surface area contributed by atoms with Crippen LogP contribution in [0, 0.1) is 3.57 Å². The van der Waals surface area contributed by atoms with Crippen LogP contribution in [-0.2, 0) is 0 Å². The van der Waals surface area contributed by atoms with Gasteiger partial charge in [-0.25, -0.2) is 4.98 Å². The quantitative estimate of drug-likeness (QED) is 0.253. The van der Waals surface area contributed by atoms with Crippen LogP contribution in [0.3, 0.4) is 0 Å². The average molecular weight is 577 g/mol. The molecule has 0 aliphatic rings. The van der Waals surface area contributed by atoms with E-state index in [-0.39, 0.29) is 5.91 Å². The van der Waals surface area contributed by atoms with E-state index in [0.717, 1.165) is 20.0 Å². The smallest absolute Gasteiger partial charge is 0.255 e. The first-order valence-electron chi connectivity index (χ1n) is 9.43. The Hall–Kier alpha value is -2.39. The van der Waals surface area contributed by atoms with E-state index in [4.69, 9.17) is 9.15 Å². The van der Waals surface area contributed by atoms with Gasteiger partial charge in [-0.1, -0.05) is 13.0 Å². The van der Waals surface area contributed by atoms with Crippen LogP contribution in [0.2, 0.25) is 0 Å². The van der Waals surface area contributed by atoms with Gasteiger partial charge in [-0.15, -0.1) is 0 Å². The van der Waals surface area contributed by atoms with E-state index in [1.807, 2.05) is 43.3 Å². The van der Waals surface area contributed by atoms with Crippen molar-refractivity contribution in [2.75, 3.05) is 11.9 Å². The first-order chi connectivity index (χ1) is 14.5. The van der Waals surface area contributed by atoms with E-state index >= 15 is 0 Å². The minimum Gasteiger partial charge on any atom is -0.494 e. The number of nitrogens with zero attached hydrogens (tertiary/aromatic N) is 1. The summed E-state index contributed by atoms with van der Waals surface area (Å²) in [6.45, 7) is 2.66. The van der Waals surface area contributed by atoms with Crippen LogP contribution >= 0.6 is 38.5 Å². The molecule has 4 rings (SSSR count). The van der Waals surface area contributed by atoms with Crippen LogP contribution in [-0.4, -0.2) is 17.5 Å². The number of carbonyl (C=O) groups is 1. The highest BCUT2D eigenvalue weighted by Crippen LogP contribution is 2.32. The van der Waals surface area contributed by atoms with Crippen LogP contribution in [0.4, 0.5) is 5.69 Å². The number of nitrogens with one attached hydrogen (secondary N) is 1. The maximum Gasteiger partial charge on any atom is 0.255 e. The van der Waals surface area contributed by atoms with Gasteiger partial charge in [-0.3, -0.25) is 4.79 Å². The van der Waals surface area contributed by atoms with Crippen molar-refractivity contribution < 1.29 is 13.9 Å². The zero-order valence-corrected chi connectivity index (χ0v) is 19.9. The molecule has 0 spiro atoms. The number of ether oxygens (including phenoxy) is 1. The van der Waals surface area contributed by atoms with E-state index in [9.17, 15) is 4.79 Å². The van der Waals surface area contributed by atoms with Gasteiger partial charge < -0.3 is 14.5 Å². The third kappa shape index (κ3) is 4.67. The van der Waals surface area contributed by atoms with Crippen molar-refractivity contribution in [1.82, 2.24) is 4.98 Å². The molecule has 30 heavy (non-hydrogen) atoms. The summed E-state index contributed by atoms with van der Waals surface area (Å²) < 4.78 is 13.5. The molecule has 0 aliphatic heterocycles. The molecule has 0 fully saturated rings. The summed E-state index contributed by atoms with van der Waals surface area (Å²) in [5.74, 6) is 1.00. The molecule has 0 unspecified atom stereocenters. The first-order valence-corrected chi connectivity index (χ1v) is 11.3. The van der Waals surface area contributed by atoms with E-state index in [1.165, 1.54) is 0 Å². The number of halogens is 2. The summed E-state index contributed by atoms with van der Waals surface area (Å²) in [6.07, 6.45) is 0.912. The lowest BCUT2D eigenvalue weighted by molar-refractivity contribution is 0.102. The predicted octanol–water partition coefficient (Wildman–Crippen LogP) is 6.90. The number of anilines is 1. The van der Waals surface area contributed by atoms with Crippen LogP contribution in [0.25, 0.3) is 22.6 Å². The van der Waals surface area contributed by atoms with Crippen molar-refractivity contribution in [2.45, 2.75) is 13.3 Å². The van der Waals surface area contributed by atoms with Gasteiger partial charge in [0, 0.05) is 19.3 Å². The number of carbonyl (C=O) groups excluding carboxylic acids is 1. The molecule has 3 aromatic carbocycles. The Morgan fingerprint density at radius 2 is 2.03 bits per heavy atom. The lowest BCUT2D eigenvalue weighted by atomic mass is 10.2. The highest BCUT2D eigenvalue weighted by Gasteiger charge is 2.14. The zero-order chi connectivity index (χ0) is 21.1. The number of amides is 1. The number of hydrogen-bond acceptors (Lipinski definition) is 4. The molecule has 7 heteroatoms. The van der Waals surface area contributed by atoms with Gasteiger partial charge in [0.2, 0.25) is 5.89 Å². The summed E-state index contributed by atoms with van der Waals surface area (Å²) >= 11 is 5.80. The standard InChI is InChI=1S/C23H18BrIN2O3/c1-2-10-29-17-5-3-4-14(11-17)22(28)26-16-7-9-21-20(13-16)27-23(30-21)18-12-15(25)6-8-19(18)24/h3-9,11-13H,2,10H2,1H3,(H,26,28). The van der Waals surface area contributed by atoms with Crippen molar-refractivity contribution >= 4 is 61.2 Å². The maximum atomic E-state index is 12.7. The summed E-state index contributed by atoms with van der Waals surface area (Å²) in [5.41, 5.74) is 3.39. The molecule has 0 aliphatic carbocycles. The molecule has 0 saturated carbocycles. The molecule has 1 N–H and O–H groups in total. The topological polar surface area (TPSA) is 64.4 Å². The van der Waals surface area contributed by atoms with Crippen LogP contribution < -0.4 is 10.1 Å². The van der Waals surface area contributed by atoms with Crippen LogP contribution in [0.5, 0.6) is 5.75 Å². The molecular formula is C23H18BrIN2O3. The Kier molecular flexibility index (Phi) is 6.38. The zero-order valence-electron chi connectivity index (χ0n) is 16.1. The lowest BCUT2D eigenvalue weighted by Gasteiger charge is -2.08. The largest absolute Gasteiger partial charge is 0.494 e. The predicted molar refractivity (Wildman–Crippen MR) is 130 cm³/mol. The number of hydrogen-bond donors (Lipinski definition) is 1. The summed E-state index contributed by atoms with van der Waals surface area (Å²) in [4.78, 5) is 17.3. The van der Waals surface area contributed by atoms with Crippen LogP contribution in [0.15, 0.2) is 69.6 Å². The third-order valence-electron chi connectivity index (χ3n) is 4.37. The van der Waals surface area contributed by atoms with Gasteiger partial charge in [0.05, 0.1) is 12.2 Å². The van der Waals surface area contributed by atoms with Gasteiger partial charge in [0.15, 0.2) is 5.58 Å². The number of oxazole rings is 1. The van der Waals surface area contributed by atoms with Gasteiger partial charge in [0.1, 0.15) is 11.3 Å². The van der Waals surface area contributed by atoms with Gasteiger partial charge in [-0.2, -0.15) is 0 Å². The number of aromatic nitrogens is 1. The maximum absolute atomic E-state index is 12.7. The minimum absolute atomic E-state index is 0.208. The van der Waals surface area contributed by atoms with E-state index < -0.39 is 0 Å². The summed E-state index contributed by atoms with van der Waals surface area (Å²) in [7, 11) is 0. The fourth-order valence-corrected chi connectivity index (χ4v) is 3.84. The second kappa shape index (κ2) is 9.18. The monoisotopic (exact) mass is 576 g/mol. The highest BCUT2D eigenvalue weighted by molar-refractivity contribution is 14.1. The molecule has 4 aromatic rings. The Morgan fingerprint density at radius 3 is 2.87 bits per heavy atom. The molecule has 152 valence electrons. The Balaban J connectivity index is 1.57. The molecule has 1 amide bonds. The third-order valence-corrected chi connectivity index (χ3v) is 5.74. The van der Waals surface area contributed by atoms with Gasteiger partial charge >= 0.3 is 0 Å². The normalized spacial score (nSPS) is 10.9. The van der Waals surface area contributed by atoms with E-state index in [2.05, 4.69) is 48.8 Å². The van der Waals surface area contributed by atoms with Crippen LogP contribution in [0.1, 0.15) is 23.7 Å². The molecule has 1 aromatic heterocycles. The molecule has 5 nitrogen and oxygen atoms in total. The SMILES string of the molecule is CCCOc1cccc(C(=O)Nc2ccc3oc(-c4cc(I)ccc4Br)nc3c2)c1. The van der Waals surface area contributed by atoms with Crippen molar-refractivity contribution in [2.24, 2.45) is 0 Å². The molecule has 0 bridgehead atoms. The van der Waals surface area contributed by atoms with Crippen molar-refractivity contribution in [3.05, 3.63) is 74.3 Å². The lowest BCUT2D eigenvalue weighted by Crippen LogP contribution is -2.12. The second-order valence-electron chi connectivity index (χ2n) is 6.66. The summed E-state index contributed by atoms with van der Waals surface area (Å²) in [5, 5.41) is 2.92. The number of fused-ring (bicyclic) bond motifs is 1. The van der Waals surface area contributed by atoms with Crippen molar-refractivity contribution in [1.29, 1.82) is 0 Å². The van der Waals surface area contributed by atoms with Crippen molar-refractivity contribution in [3.8, 4) is 17.2 Å². The highest BCUT2D eigenvalue weighted by atomic mass is 127. The fraction of sp³-hybridized carbons (Fsp3) is 0.130. The molecular weight excluding hydrogens is 559 g/mol. The Bertz CT molecular complexity index is 1220. The van der Waals surface area contributed by atoms with Gasteiger partial charge in [-0.05, 0) is 99.5 Å². The fourth-order valence-electron chi connectivity index (χ4n) is 2.93. The average Bonchev–Trinajstić information content (AvgIpc) is 3.17. The van der Waals surface area contributed by atoms with E-state index in [0.29, 0.717) is 40.6 Å². The Labute approximate surface area is 196 Å². The molecule has 0 saturated heterocycles. The Morgan fingerprint density at radius 1 is 1.17 bits per heavy atom. The molecule has 0 atom stereocenters. The van der Waals surface area contributed by atoms with E-state index in [1.54, 1.807) is 24.3 Å². The summed E-state index contributed by atoms with van der Waals surface area (Å²) in [6, 6.07) is 18.6.